The van der Waals surface area contributed by atoms with Crippen LogP contribution in [0.4, 0.5) is 4.39 Å². The Labute approximate surface area is 119 Å². The molecule has 1 N–H and O–H groups in total. The van der Waals surface area contributed by atoms with Crippen LogP contribution in [0, 0.1) is 5.82 Å². The van der Waals surface area contributed by atoms with Crippen LogP contribution < -0.4 is 0 Å². The fourth-order valence-corrected chi connectivity index (χ4v) is 3.07. The molecule has 20 heavy (non-hydrogen) atoms. The van der Waals surface area contributed by atoms with E-state index in [4.69, 9.17) is 0 Å². The Morgan fingerprint density at radius 3 is 2.45 bits per heavy atom. The van der Waals surface area contributed by atoms with Gasteiger partial charge in [0.05, 0.1) is 0 Å². The van der Waals surface area contributed by atoms with Crippen LogP contribution in [-0.2, 0) is 12.0 Å². The van der Waals surface area contributed by atoms with Crippen molar-refractivity contribution in [3.05, 3.63) is 70.5 Å². The minimum Gasteiger partial charge on any atom is -0.380 e. The molecule has 0 amide bonds. The van der Waals surface area contributed by atoms with Gasteiger partial charge in [0.15, 0.2) is 0 Å². The predicted molar refractivity (Wildman–Crippen MR) is 78.3 cm³/mol. The second-order valence-corrected chi connectivity index (χ2v) is 5.94. The van der Waals surface area contributed by atoms with Crippen molar-refractivity contribution < 1.29 is 9.50 Å². The van der Waals surface area contributed by atoms with Crippen molar-refractivity contribution in [1.82, 2.24) is 0 Å². The molecule has 0 saturated heterocycles. The molecule has 0 saturated carbocycles. The zero-order valence-corrected chi connectivity index (χ0v) is 11.9. The number of aliphatic hydroxyl groups is 1. The van der Waals surface area contributed by atoms with E-state index in [1.165, 1.54) is 17.7 Å². The van der Waals surface area contributed by atoms with Gasteiger partial charge in [-0.25, -0.2) is 4.39 Å². The molecule has 1 aliphatic rings. The maximum atomic E-state index is 13.3. The number of rotatable bonds is 2. The van der Waals surface area contributed by atoms with E-state index in [0.29, 0.717) is 12.3 Å². The normalized spacial score (nSPS) is 21.2. The summed E-state index contributed by atoms with van der Waals surface area (Å²) < 4.78 is 13.3. The van der Waals surface area contributed by atoms with Gasteiger partial charge in [-0.15, -0.1) is 0 Å². The monoisotopic (exact) mass is 270 g/mol. The van der Waals surface area contributed by atoms with Crippen molar-refractivity contribution >= 4 is 0 Å². The maximum Gasteiger partial charge on any atom is 0.123 e. The van der Waals surface area contributed by atoms with E-state index < -0.39 is 5.60 Å². The van der Waals surface area contributed by atoms with Crippen molar-refractivity contribution in [2.75, 3.05) is 0 Å². The summed E-state index contributed by atoms with van der Waals surface area (Å²) in [7, 11) is 0. The lowest BCUT2D eigenvalue weighted by Crippen LogP contribution is -2.23. The SMILES string of the molecule is CC(C)c1ccc(C2(O)CCc3cc(F)ccc32)cc1. The lowest BCUT2D eigenvalue weighted by molar-refractivity contribution is 0.0829. The van der Waals surface area contributed by atoms with Crippen molar-refractivity contribution in [2.45, 2.75) is 38.2 Å². The highest BCUT2D eigenvalue weighted by Crippen LogP contribution is 2.42. The molecule has 0 radical (unpaired) electrons. The zero-order valence-electron chi connectivity index (χ0n) is 11.9. The summed E-state index contributed by atoms with van der Waals surface area (Å²) in [5.74, 6) is 0.242. The molecular weight excluding hydrogens is 251 g/mol. The van der Waals surface area contributed by atoms with Gasteiger partial charge in [0.1, 0.15) is 11.4 Å². The quantitative estimate of drug-likeness (QED) is 0.870. The molecule has 2 aromatic carbocycles. The molecule has 0 fully saturated rings. The maximum absolute atomic E-state index is 13.3. The van der Waals surface area contributed by atoms with Crippen molar-refractivity contribution in [3.8, 4) is 0 Å². The molecule has 0 aliphatic heterocycles. The minimum absolute atomic E-state index is 0.233. The van der Waals surface area contributed by atoms with Crippen LogP contribution in [-0.4, -0.2) is 5.11 Å². The van der Waals surface area contributed by atoms with Crippen LogP contribution in [0.15, 0.2) is 42.5 Å². The van der Waals surface area contributed by atoms with Crippen molar-refractivity contribution in [2.24, 2.45) is 0 Å². The van der Waals surface area contributed by atoms with Crippen molar-refractivity contribution in [3.63, 3.8) is 0 Å². The van der Waals surface area contributed by atoms with E-state index in [2.05, 4.69) is 26.0 Å². The van der Waals surface area contributed by atoms with Gasteiger partial charge in [0.2, 0.25) is 0 Å². The topological polar surface area (TPSA) is 20.2 Å². The average Bonchev–Trinajstić information content (AvgIpc) is 2.77. The molecule has 2 aromatic rings. The Kier molecular flexibility index (Phi) is 3.14. The van der Waals surface area contributed by atoms with E-state index in [9.17, 15) is 9.50 Å². The van der Waals surface area contributed by atoms with Gasteiger partial charge in [-0.05, 0) is 53.1 Å². The lowest BCUT2D eigenvalue weighted by atomic mass is 9.86. The fourth-order valence-electron chi connectivity index (χ4n) is 3.07. The third-order valence-corrected chi connectivity index (χ3v) is 4.32. The second-order valence-electron chi connectivity index (χ2n) is 5.94. The summed E-state index contributed by atoms with van der Waals surface area (Å²) in [5.41, 5.74) is 2.94. The molecule has 1 nitrogen and oxygen atoms in total. The van der Waals surface area contributed by atoms with Crippen LogP contribution in [0.2, 0.25) is 0 Å². The zero-order chi connectivity index (χ0) is 14.3. The Bertz CT molecular complexity index is 630. The molecule has 1 aliphatic carbocycles. The highest BCUT2D eigenvalue weighted by molar-refractivity contribution is 5.46. The second kappa shape index (κ2) is 4.71. The lowest BCUT2D eigenvalue weighted by Gasteiger charge is -2.25. The van der Waals surface area contributed by atoms with Gasteiger partial charge >= 0.3 is 0 Å². The summed E-state index contributed by atoms with van der Waals surface area (Å²) >= 11 is 0. The number of hydrogen-bond donors (Lipinski definition) is 1. The van der Waals surface area contributed by atoms with E-state index in [0.717, 1.165) is 23.1 Å². The molecule has 2 heteroatoms. The minimum atomic E-state index is -0.974. The Balaban J connectivity index is 2.02. The highest BCUT2D eigenvalue weighted by Gasteiger charge is 2.38. The number of fused-ring (bicyclic) bond motifs is 1. The third kappa shape index (κ3) is 2.04. The first-order valence-corrected chi connectivity index (χ1v) is 7.12. The molecule has 0 bridgehead atoms. The summed E-state index contributed by atoms with van der Waals surface area (Å²) in [6.07, 6.45) is 1.34. The fraction of sp³-hybridized carbons (Fsp3) is 0.333. The molecule has 3 rings (SSSR count). The van der Waals surface area contributed by atoms with Gasteiger partial charge < -0.3 is 5.11 Å². The third-order valence-electron chi connectivity index (χ3n) is 4.32. The molecule has 1 atom stereocenters. The first-order valence-electron chi connectivity index (χ1n) is 7.12. The van der Waals surface area contributed by atoms with E-state index in [1.807, 2.05) is 12.1 Å². The van der Waals surface area contributed by atoms with Crippen LogP contribution in [0.1, 0.15) is 48.4 Å². The van der Waals surface area contributed by atoms with E-state index in [-0.39, 0.29) is 5.82 Å². The standard InChI is InChI=1S/C18H19FO/c1-12(2)13-3-5-15(6-4-13)18(20)10-9-14-11-16(19)7-8-17(14)18/h3-8,11-12,20H,9-10H2,1-2H3. The molecular formula is C18H19FO. The predicted octanol–water partition coefficient (Wildman–Crippen LogP) is 4.13. The number of benzene rings is 2. The number of hydrogen-bond acceptors (Lipinski definition) is 1. The molecule has 1 unspecified atom stereocenters. The smallest absolute Gasteiger partial charge is 0.123 e. The number of aryl methyl sites for hydroxylation is 1. The largest absolute Gasteiger partial charge is 0.380 e. The Hall–Kier alpha value is -1.67. The van der Waals surface area contributed by atoms with Gasteiger partial charge in [-0.1, -0.05) is 44.2 Å². The first kappa shape index (κ1) is 13.3. The highest BCUT2D eigenvalue weighted by atomic mass is 19.1. The van der Waals surface area contributed by atoms with Gasteiger partial charge in [0, 0.05) is 0 Å². The van der Waals surface area contributed by atoms with Crippen LogP contribution in [0.5, 0.6) is 0 Å². The van der Waals surface area contributed by atoms with Crippen molar-refractivity contribution in [1.29, 1.82) is 0 Å². The first-order chi connectivity index (χ1) is 9.50. The summed E-state index contributed by atoms with van der Waals surface area (Å²) in [6, 6.07) is 12.8. The molecule has 0 spiro atoms. The Morgan fingerprint density at radius 1 is 1.10 bits per heavy atom. The molecule has 0 heterocycles. The van der Waals surface area contributed by atoms with Crippen LogP contribution in [0.3, 0.4) is 0 Å². The van der Waals surface area contributed by atoms with E-state index in [1.54, 1.807) is 6.07 Å². The molecule has 104 valence electrons. The van der Waals surface area contributed by atoms with Crippen LogP contribution >= 0.6 is 0 Å². The number of halogens is 1. The Morgan fingerprint density at radius 2 is 1.80 bits per heavy atom. The summed E-state index contributed by atoms with van der Waals surface area (Å²) in [4.78, 5) is 0. The van der Waals surface area contributed by atoms with Gasteiger partial charge in [-0.3, -0.25) is 0 Å². The summed E-state index contributed by atoms with van der Waals surface area (Å²) in [6.45, 7) is 4.30. The molecule has 0 aromatic heterocycles. The summed E-state index contributed by atoms with van der Waals surface area (Å²) in [5, 5.41) is 11.0. The van der Waals surface area contributed by atoms with Gasteiger partial charge in [-0.2, -0.15) is 0 Å². The van der Waals surface area contributed by atoms with Crippen LogP contribution in [0.25, 0.3) is 0 Å². The van der Waals surface area contributed by atoms with Gasteiger partial charge in [0.25, 0.3) is 0 Å². The van der Waals surface area contributed by atoms with E-state index >= 15 is 0 Å². The average molecular weight is 270 g/mol.